The van der Waals surface area contributed by atoms with Gasteiger partial charge in [0, 0.05) is 0 Å². The first-order valence-electron chi connectivity index (χ1n) is 4.95. The molecule has 0 radical (unpaired) electrons. The van der Waals surface area contributed by atoms with E-state index in [1.54, 1.807) is 6.92 Å². The van der Waals surface area contributed by atoms with Crippen LogP contribution in [0.25, 0.3) is 11.2 Å². The van der Waals surface area contributed by atoms with E-state index in [1.807, 2.05) is 0 Å². The highest BCUT2D eigenvalue weighted by Gasteiger charge is 2.11. The number of hydrogen-bond donors (Lipinski definition) is 2. The molecule has 0 aliphatic carbocycles. The highest BCUT2D eigenvalue weighted by atomic mass is 32.2. The molecule has 8 heteroatoms. The topological polar surface area (TPSA) is 107 Å². The number of nitrogen functional groups attached to an aromatic ring is 1. The standard InChI is InChI=1S/C9H11N5O2S/c1-2-16-5(15)3-17-8-6-7(12-4-11-6)13-9(10)14-8/h4H,2-3H2,1H3,(H3,10,11,12,13,14). The van der Waals surface area contributed by atoms with Crippen molar-refractivity contribution >= 4 is 34.8 Å². The van der Waals surface area contributed by atoms with Crippen LogP contribution in [0.5, 0.6) is 0 Å². The molecule has 0 bridgehead atoms. The van der Waals surface area contributed by atoms with Gasteiger partial charge in [-0.05, 0) is 6.92 Å². The van der Waals surface area contributed by atoms with Crippen molar-refractivity contribution in [3.63, 3.8) is 0 Å². The molecule has 0 aliphatic heterocycles. The predicted octanol–water partition coefficient (Wildman–Crippen LogP) is 0.590. The molecular weight excluding hydrogens is 242 g/mol. The molecule has 0 unspecified atom stereocenters. The Morgan fingerprint density at radius 2 is 2.41 bits per heavy atom. The number of nitrogens with two attached hydrogens (primary N) is 1. The second kappa shape index (κ2) is 5.00. The molecule has 0 amide bonds. The molecule has 0 spiro atoms. The van der Waals surface area contributed by atoms with E-state index in [4.69, 9.17) is 10.5 Å². The van der Waals surface area contributed by atoms with Crippen molar-refractivity contribution in [2.45, 2.75) is 11.9 Å². The number of carbonyl (C=O) groups is 1. The van der Waals surface area contributed by atoms with Gasteiger partial charge in [-0.1, -0.05) is 11.8 Å². The number of rotatable bonds is 4. The summed E-state index contributed by atoms with van der Waals surface area (Å²) in [6.45, 7) is 2.13. The number of H-pyrrole nitrogens is 1. The summed E-state index contributed by atoms with van der Waals surface area (Å²) in [5, 5.41) is 0.595. The van der Waals surface area contributed by atoms with Crippen LogP contribution in [-0.4, -0.2) is 38.3 Å². The molecule has 17 heavy (non-hydrogen) atoms. The Bertz CT molecular complexity index is 541. The molecule has 7 nitrogen and oxygen atoms in total. The molecule has 0 saturated heterocycles. The van der Waals surface area contributed by atoms with E-state index in [0.29, 0.717) is 22.8 Å². The number of thioether (sulfide) groups is 1. The molecule has 2 rings (SSSR count). The number of hydrogen-bond acceptors (Lipinski definition) is 7. The van der Waals surface area contributed by atoms with Crippen LogP contribution >= 0.6 is 11.8 Å². The zero-order chi connectivity index (χ0) is 12.3. The van der Waals surface area contributed by atoms with Gasteiger partial charge in [0.25, 0.3) is 0 Å². The number of aromatic nitrogens is 4. The van der Waals surface area contributed by atoms with E-state index in [-0.39, 0.29) is 17.7 Å². The molecule has 0 aromatic carbocycles. The van der Waals surface area contributed by atoms with E-state index in [9.17, 15) is 4.79 Å². The van der Waals surface area contributed by atoms with Gasteiger partial charge in [0.1, 0.15) is 10.5 Å². The number of esters is 1. The van der Waals surface area contributed by atoms with Gasteiger partial charge < -0.3 is 15.5 Å². The normalized spacial score (nSPS) is 10.6. The van der Waals surface area contributed by atoms with Crippen LogP contribution in [0.4, 0.5) is 5.95 Å². The summed E-state index contributed by atoms with van der Waals surface area (Å²) < 4.78 is 4.83. The van der Waals surface area contributed by atoms with Crippen molar-refractivity contribution in [1.82, 2.24) is 19.9 Å². The van der Waals surface area contributed by atoms with Crippen LogP contribution in [0.3, 0.4) is 0 Å². The molecule has 2 aromatic heterocycles. The predicted molar refractivity (Wildman–Crippen MR) is 63.5 cm³/mol. The quantitative estimate of drug-likeness (QED) is 0.466. The van der Waals surface area contributed by atoms with Crippen molar-refractivity contribution < 1.29 is 9.53 Å². The summed E-state index contributed by atoms with van der Waals surface area (Å²) in [6, 6.07) is 0. The van der Waals surface area contributed by atoms with Gasteiger partial charge in [0.2, 0.25) is 5.95 Å². The summed E-state index contributed by atoms with van der Waals surface area (Å²) in [7, 11) is 0. The average Bonchev–Trinajstić information content (AvgIpc) is 2.74. The second-order valence-electron chi connectivity index (χ2n) is 3.08. The number of nitrogens with one attached hydrogen (secondary N) is 1. The van der Waals surface area contributed by atoms with Crippen molar-refractivity contribution in [1.29, 1.82) is 0 Å². The molecule has 3 N–H and O–H groups in total. The number of aromatic amines is 1. The van der Waals surface area contributed by atoms with Crippen molar-refractivity contribution in [3.05, 3.63) is 6.33 Å². The molecule has 0 saturated carbocycles. The van der Waals surface area contributed by atoms with Gasteiger partial charge in [-0.2, -0.15) is 4.98 Å². The summed E-state index contributed by atoms with van der Waals surface area (Å²) in [5.74, 6) is 0.0246. The fourth-order valence-corrected chi connectivity index (χ4v) is 2.05. The van der Waals surface area contributed by atoms with Crippen LogP contribution in [0.15, 0.2) is 11.4 Å². The minimum Gasteiger partial charge on any atom is -0.465 e. The zero-order valence-electron chi connectivity index (χ0n) is 9.14. The molecular formula is C9H11N5O2S. The monoisotopic (exact) mass is 253 g/mol. The minimum absolute atomic E-state index is 0.135. The molecule has 0 aliphatic rings. The zero-order valence-corrected chi connectivity index (χ0v) is 9.95. The van der Waals surface area contributed by atoms with Crippen LogP contribution in [0.1, 0.15) is 6.92 Å². The Morgan fingerprint density at radius 3 is 3.18 bits per heavy atom. The van der Waals surface area contributed by atoms with Gasteiger partial charge in [-0.25, -0.2) is 9.97 Å². The fourth-order valence-electron chi connectivity index (χ4n) is 1.26. The number of anilines is 1. The summed E-state index contributed by atoms with van der Waals surface area (Å²) in [4.78, 5) is 26.1. The first-order valence-corrected chi connectivity index (χ1v) is 5.94. The number of fused-ring (bicyclic) bond motifs is 1. The fraction of sp³-hybridized carbons (Fsp3) is 0.333. The number of nitrogens with zero attached hydrogens (tertiary/aromatic N) is 3. The van der Waals surface area contributed by atoms with E-state index in [1.165, 1.54) is 18.1 Å². The Kier molecular flexibility index (Phi) is 3.43. The van der Waals surface area contributed by atoms with E-state index in [2.05, 4.69) is 19.9 Å². The average molecular weight is 253 g/mol. The Hall–Kier alpha value is -1.83. The Morgan fingerprint density at radius 1 is 1.59 bits per heavy atom. The van der Waals surface area contributed by atoms with E-state index in [0.717, 1.165) is 0 Å². The first-order chi connectivity index (χ1) is 8.20. The van der Waals surface area contributed by atoms with Gasteiger partial charge in [-0.15, -0.1) is 0 Å². The van der Waals surface area contributed by atoms with Crippen molar-refractivity contribution in [3.8, 4) is 0 Å². The smallest absolute Gasteiger partial charge is 0.316 e. The summed E-state index contributed by atoms with van der Waals surface area (Å²) in [5.41, 5.74) is 6.71. The third kappa shape index (κ3) is 2.64. The highest BCUT2D eigenvalue weighted by Crippen LogP contribution is 2.23. The third-order valence-corrected chi connectivity index (χ3v) is 2.85. The van der Waals surface area contributed by atoms with Crippen LogP contribution in [0.2, 0.25) is 0 Å². The van der Waals surface area contributed by atoms with Crippen LogP contribution in [0, 0.1) is 0 Å². The van der Waals surface area contributed by atoms with Gasteiger partial charge in [0.05, 0.1) is 18.7 Å². The maximum absolute atomic E-state index is 11.2. The van der Waals surface area contributed by atoms with E-state index < -0.39 is 0 Å². The lowest BCUT2D eigenvalue weighted by molar-refractivity contribution is -0.139. The Balaban J connectivity index is 2.17. The highest BCUT2D eigenvalue weighted by molar-refractivity contribution is 8.00. The first kappa shape index (κ1) is 11.6. The Labute approximate surface area is 101 Å². The van der Waals surface area contributed by atoms with Crippen LogP contribution in [-0.2, 0) is 9.53 Å². The lowest BCUT2D eigenvalue weighted by Gasteiger charge is -2.02. The number of imidazole rings is 1. The van der Waals surface area contributed by atoms with Gasteiger partial charge in [-0.3, -0.25) is 4.79 Å². The summed E-state index contributed by atoms with van der Waals surface area (Å²) in [6.07, 6.45) is 1.51. The lowest BCUT2D eigenvalue weighted by atomic mass is 10.5. The molecule has 2 heterocycles. The van der Waals surface area contributed by atoms with Gasteiger partial charge >= 0.3 is 5.97 Å². The number of ether oxygens (including phenoxy) is 1. The molecule has 2 aromatic rings. The van der Waals surface area contributed by atoms with Gasteiger partial charge in [0.15, 0.2) is 5.65 Å². The maximum atomic E-state index is 11.2. The minimum atomic E-state index is -0.289. The third-order valence-electron chi connectivity index (χ3n) is 1.90. The SMILES string of the molecule is CCOC(=O)CSc1nc(N)nc2nc[nH]c12. The van der Waals surface area contributed by atoms with Crippen molar-refractivity contribution in [2.24, 2.45) is 0 Å². The largest absolute Gasteiger partial charge is 0.465 e. The van der Waals surface area contributed by atoms with Crippen molar-refractivity contribution in [2.75, 3.05) is 18.1 Å². The molecule has 0 atom stereocenters. The summed E-state index contributed by atoms with van der Waals surface area (Å²) >= 11 is 1.24. The molecule has 0 fully saturated rings. The van der Waals surface area contributed by atoms with Crippen LogP contribution < -0.4 is 5.73 Å². The molecule has 90 valence electrons. The second-order valence-corrected chi connectivity index (χ2v) is 4.05. The lowest BCUT2D eigenvalue weighted by Crippen LogP contribution is -2.07. The maximum Gasteiger partial charge on any atom is 0.316 e. The number of carbonyl (C=O) groups excluding carboxylic acids is 1. The van der Waals surface area contributed by atoms with E-state index >= 15 is 0 Å².